The van der Waals surface area contributed by atoms with Gasteiger partial charge < -0.3 is 21.7 Å². The summed E-state index contributed by atoms with van der Waals surface area (Å²) >= 11 is 7.74. The van der Waals surface area contributed by atoms with Gasteiger partial charge in [-0.05, 0) is 24.4 Å². The number of hydrogen-bond donors (Lipinski definition) is 4. The van der Waals surface area contributed by atoms with Crippen LogP contribution in [0.15, 0.2) is 0 Å². The number of aliphatic hydroxyl groups is 2. The van der Waals surface area contributed by atoms with Crippen LogP contribution in [0.4, 0.5) is 0 Å². The Morgan fingerprint density at radius 3 is 0.846 bits per heavy atom. The molecule has 0 atom stereocenters. The predicted octanol–water partition coefficient (Wildman–Crippen LogP) is 0.980. The molecule has 0 aromatic carbocycles. The third-order valence-electron chi connectivity index (χ3n) is 0. The van der Waals surface area contributed by atoms with E-state index in [0.717, 1.165) is 0 Å². The van der Waals surface area contributed by atoms with Gasteiger partial charge in [-0.25, -0.2) is 0 Å². The van der Waals surface area contributed by atoms with Gasteiger partial charge in [0.25, 0.3) is 10.3 Å². The van der Waals surface area contributed by atoms with E-state index < -0.39 is 10.3 Å². The summed E-state index contributed by atoms with van der Waals surface area (Å²) in [6.07, 6.45) is 0. The molecular formula is C6H19N2NaO2S2. The molecular weight excluding hydrogens is 219 g/mol. The standard InChI is InChI=1S/2C2H6.2CH3NOS.Na.H/c2*1-2;2*2-1(3)4;;/h2*1-2H3;2*(H3,2,3,4);;. The van der Waals surface area contributed by atoms with Crippen molar-refractivity contribution in [3.05, 3.63) is 0 Å². The minimum absolute atomic E-state index is 0. The SMILES string of the molecule is CC.CC.NC(O)=S.NC(O)=S.[NaH]. The zero-order chi connectivity index (χ0) is 11.2. The van der Waals surface area contributed by atoms with Gasteiger partial charge in [0.05, 0.1) is 0 Å². The number of thiocarbonyl (C=S) groups is 2. The summed E-state index contributed by atoms with van der Waals surface area (Å²) in [6.45, 7) is 8.00. The van der Waals surface area contributed by atoms with Crippen LogP contribution in [0.5, 0.6) is 0 Å². The first kappa shape index (κ1) is 29.2. The van der Waals surface area contributed by atoms with Gasteiger partial charge in [-0.15, -0.1) is 0 Å². The monoisotopic (exact) mass is 238 g/mol. The molecule has 0 aliphatic carbocycles. The summed E-state index contributed by atoms with van der Waals surface area (Å²) in [6, 6.07) is 0. The van der Waals surface area contributed by atoms with Crippen molar-refractivity contribution in [1.29, 1.82) is 0 Å². The molecule has 0 heterocycles. The van der Waals surface area contributed by atoms with E-state index in [-0.39, 0.29) is 29.6 Å². The van der Waals surface area contributed by atoms with E-state index in [0.29, 0.717) is 0 Å². The van der Waals surface area contributed by atoms with Crippen LogP contribution in [0.1, 0.15) is 27.7 Å². The van der Waals surface area contributed by atoms with E-state index >= 15 is 0 Å². The molecule has 0 radical (unpaired) electrons. The van der Waals surface area contributed by atoms with E-state index in [9.17, 15) is 0 Å². The van der Waals surface area contributed by atoms with Crippen molar-refractivity contribution >= 4 is 64.3 Å². The van der Waals surface area contributed by atoms with Crippen LogP contribution in [0.2, 0.25) is 0 Å². The van der Waals surface area contributed by atoms with Crippen LogP contribution in [0.3, 0.4) is 0 Å². The average Bonchev–Trinajstić information content (AvgIpc) is 1.93. The first-order chi connectivity index (χ1) is 5.46. The van der Waals surface area contributed by atoms with Crippen molar-refractivity contribution in [2.45, 2.75) is 27.7 Å². The van der Waals surface area contributed by atoms with Gasteiger partial charge >= 0.3 is 29.6 Å². The van der Waals surface area contributed by atoms with Gasteiger partial charge in [0, 0.05) is 0 Å². The molecule has 0 bridgehead atoms. The Kier molecular flexibility index (Phi) is 88.5. The zero-order valence-electron chi connectivity index (χ0n) is 7.87. The normalized spacial score (nSPS) is 4.62. The first-order valence-corrected chi connectivity index (χ1v) is 4.25. The Hall–Kier alpha value is 0.380. The Labute approximate surface area is 113 Å². The summed E-state index contributed by atoms with van der Waals surface area (Å²) in [5.74, 6) is 0. The fourth-order valence-corrected chi connectivity index (χ4v) is 0. The summed E-state index contributed by atoms with van der Waals surface area (Å²) in [5.41, 5.74) is 8.80. The van der Waals surface area contributed by atoms with Gasteiger partial charge in [0.2, 0.25) is 0 Å². The summed E-state index contributed by atoms with van der Waals surface area (Å²) in [5, 5.41) is 14.1. The molecule has 0 aliphatic heterocycles. The van der Waals surface area contributed by atoms with Crippen molar-refractivity contribution in [3.63, 3.8) is 0 Å². The maximum atomic E-state index is 7.56. The second kappa shape index (κ2) is 39.4. The van der Waals surface area contributed by atoms with Crippen molar-refractivity contribution < 1.29 is 10.2 Å². The Morgan fingerprint density at radius 1 is 0.846 bits per heavy atom. The van der Waals surface area contributed by atoms with Crippen LogP contribution in [-0.2, 0) is 0 Å². The Bertz CT molecular complexity index is 84.6. The third-order valence-corrected chi connectivity index (χ3v) is 0. The summed E-state index contributed by atoms with van der Waals surface area (Å²) in [7, 11) is 0. The average molecular weight is 238 g/mol. The molecule has 0 rings (SSSR count). The van der Waals surface area contributed by atoms with E-state index in [1.165, 1.54) is 0 Å². The molecule has 0 unspecified atom stereocenters. The predicted molar refractivity (Wildman–Crippen MR) is 68.7 cm³/mol. The molecule has 0 aromatic heterocycles. The fourth-order valence-electron chi connectivity index (χ4n) is 0. The molecule has 78 valence electrons. The second-order valence-corrected chi connectivity index (χ2v) is 1.51. The van der Waals surface area contributed by atoms with E-state index in [2.05, 4.69) is 35.9 Å². The summed E-state index contributed by atoms with van der Waals surface area (Å²) < 4.78 is 0. The molecule has 0 aliphatic rings. The van der Waals surface area contributed by atoms with E-state index in [4.69, 9.17) is 10.2 Å². The van der Waals surface area contributed by atoms with E-state index in [1.807, 2.05) is 27.7 Å². The molecule has 6 N–H and O–H groups in total. The Balaban J connectivity index is -0.0000000226. The topological polar surface area (TPSA) is 92.5 Å². The first-order valence-electron chi connectivity index (χ1n) is 3.43. The third kappa shape index (κ3) is 9240. The number of rotatable bonds is 0. The molecule has 0 saturated carbocycles. The van der Waals surface area contributed by atoms with Crippen LogP contribution >= 0.6 is 24.4 Å². The van der Waals surface area contributed by atoms with Gasteiger partial charge in [0.1, 0.15) is 0 Å². The number of nitrogens with two attached hydrogens (primary N) is 2. The van der Waals surface area contributed by atoms with Gasteiger partial charge in [-0.2, -0.15) is 0 Å². The zero-order valence-corrected chi connectivity index (χ0v) is 9.50. The van der Waals surface area contributed by atoms with Crippen molar-refractivity contribution in [1.82, 2.24) is 0 Å². The van der Waals surface area contributed by atoms with Crippen molar-refractivity contribution in [2.75, 3.05) is 0 Å². The number of aliphatic hydroxyl groups excluding tert-OH is 2. The molecule has 7 heteroatoms. The van der Waals surface area contributed by atoms with Gasteiger partial charge in [-0.3, -0.25) is 0 Å². The van der Waals surface area contributed by atoms with Crippen molar-refractivity contribution in [3.8, 4) is 0 Å². The molecule has 13 heavy (non-hydrogen) atoms. The molecule has 0 aromatic rings. The quantitative estimate of drug-likeness (QED) is 0.371. The van der Waals surface area contributed by atoms with Crippen LogP contribution in [0.25, 0.3) is 0 Å². The Morgan fingerprint density at radius 2 is 0.846 bits per heavy atom. The second-order valence-electron chi connectivity index (χ2n) is 0.676. The van der Waals surface area contributed by atoms with E-state index in [1.54, 1.807) is 0 Å². The van der Waals surface area contributed by atoms with Crippen LogP contribution in [-0.4, -0.2) is 50.1 Å². The van der Waals surface area contributed by atoms with Gasteiger partial charge in [0.15, 0.2) is 0 Å². The molecule has 4 nitrogen and oxygen atoms in total. The summed E-state index contributed by atoms with van der Waals surface area (Å²) in [4.78, 5) is 0. The number of hydrogen-bond acceptors (Lipinski definition) is 2. The maximum absolute atomic E-state index is 7.56. The molecule has 0 fully saturated rings. The van der Waals surface area contributed by atoms with Gasteiger partial charge in [-0.1, -0.05) is 27.7 Å². The molecule has 0 amide bonds. The fraction of sp³-hybridized carbons (Fsp3) is 0.667. The molecule has 0 saturated heterocycles. The minimum atomic E-state index is -0.500. The van der Waals surface area contributed by atoms with Crippen molar-refractivity contribution in [2.24, 2.45) is 11.5 Å². The molecule has 0 spiro atoms. The van der Waals surface area contributed by atoms with Crippen LogP contribution in [0, 0.1) is 0 Å². The van der Waals surface area contributed by atoms with Crippen LogP contribution < -0.4 is 11.5 Å².